The van der Waals surface area contributed by atoms with Crippen LogP contribution in [0.2, 0.25) is 0 Å². The lowest BCUT2D eigenvalue weighted by Crippen LogP contribution is -2.63. The molecule has 1 N–H and O–H groups in total. The molecule has 0 bridgehead atoms. The Morgan fingerprint density at radius 2 is 1.71 bits per heavy atom. The highest BCUT2D eigenvalue weighted by molar-refractivity contribution is 6.02. The standard InChI is InChI=1S/C12H19N3O2/c16-11-6-13-12(17)15(11)10-7-14(8-10)9-4-2-1-3-5-9/h9-10H,1-8H2,(H,13,17). The summed E-state index contributed by atoms with van der Waals surface area (Å²) in [6.07, 6.45) is 6.59. The molecule has 3 fully saturated rings. The summed E-state index contributed by atoms with van der Waals surface area (Å²) in [4.78, 5) is 26.9. The van der Waals surface area contributed by atoms with E-state index in [4.69, 9.17) is 0 Å². The SMILES string of the molecule is O=C1CNC(=O)N1C1CN(C2CCCCC2)C1. The molecule has 0 aromatic rings. The highest BCUT2D eigenvalue weighted by atomic mass is 16.2. The molecule has 3 aliphatic rings. The van der Waals surface area contributed by atoms with Gasteiger partial charge in [-0.1, -0.05) is 19.3 Å². The summed E-state index contributed by atoms with van der Waals surface area (Å²) in [5.41, 5.74) is 0. The largest absolute Gasteiger partial charge is 0.329 e. The summed E-state index contributed by atoms with van der Waals surface area (Å²) in [6.45, 7) is 1.94. The summed E-state index contributed by atoms with van der Waals surface area (Å²) in [6, 6.07) is 0.607. The van der Waals surface area contributed by atoms with E-state index in [1.165, 1.54) is 37.0 Å². The van der Waals surface area contributed by atoms with Crippen molar-refractivity contribution < 1.29 is 9.59 Å². The Balaban J connectivity index is 1.53. The van der Waals surface area contributed by atoms with E-state index < -0.39 is 0 Å². The fraction of sp³-hybridized carbons (Fsp3) is 0.833. The van der Waals surface area contributed by atoms with Crippen molar-refractivity contribution >= 4 is 11.9 Å². The Labute approximate surface area is 101 Å². The number of carbonyl (C=O) groups excluding carboxylic acids is 2. The average molecular weight is 237 g/mol. The lowest BCUT2D eigenvalue weighted by molar-refractivity contribution is -0.129. The van der Waals surface area contributed by atoms with Crippen molar-refractivity contribution in [1.82, 2.24) is 15.1 Å². The maximum absolute atomic E-state index is 11.5. The lowest BCUT2D eigenvalue weighted by atomic mass is 9.91. The molecule has 0 unspecified atom stereocenters. The van der Waals surface area contributed by atoms with Gasteiger partial charge < -0.3 is 5.32 Å². The molecular formula is C12H19N3O2. The molecule has 1 saturated carbocycles. The van der Waals surface area contributed by atoms with Crippen LogP contribution in [0.1, 0.15) is 32.1 Å². The first-order chi connectivity index (χ1) is 8.25. The number of hydrogen-bond acceptors (Lipinski definition) is 3. The van der Waals surface area contributed by atoms with Gasteiger partial charge in [-0.15, -0.1) is 0 Å². The predicted molar refractivity (Wildman–Crippen MR) is 62.5 cm³/mol. The lowest BCUT2D eigenvalue weighted by Gasteiger charge is -2.47. The molecule has 3 amide bonds. The topological polar surface area (TPSA) is 52.7 Å². The van der Waals surface area contributed by atoms with Crippen LogP contribution in [0.4, 0.5) is 4.79 Å². The van der Waals surface area contributed by atoms with E-state index in [2.05, 4.69) is 10.2 Å². The molecule has 0 atom stereocenters. The maximum atomic E-state index is 11.5. The van der Waals surface area contributed by atoms with E-state index in [9.17, 15) is 9.59 Å². The first kappa shape index (κ1) is 11.0. The van der Waals surface area contributed by atoms with Gasteiger partial charge >= 0.3 is 6.03 Å². The zero-order chi connectivity index (χ0) is 11.8. The van der Waals surface area contributed by atoms with Gasteiger partial charge in [-0.3, -0.25) is 14.6 Å². The Morgan fingerprint density at radius 3 is 2.29 bits per heavy atom. The molecule has 2 heterocycles. The van der Waals surface area contributed by atoms with Crippen molar-refractivity contribution in [1.29, 1.82) is 0 Å². The van der Waals surface area contributed by atoms with Gasteiger partial charge in [0.05, 0.1) is 12.6 Å². The predicted octanol–water partition coefficient (Wildman–Crippen LogP) is 0.555. The normalized spacial score (nSPS) is 28.4. The summed E-state index contributed by atoms with van der Waals surface area (Å²) in [7, 11) is 0. The van der Waals surface area contributed by atoms with Crippen LogP contribution in [0.5, 0.6) is 0 Å². The number of nitrogens with zero attached hydrogens (tertiary/aromatic N) is 2. The second-order valence-electron chi connectivity index (χ2n) is 5.32. The van der Waals surface area contributed by atoms with Gasteiger partial charge in [0.2, 0.25) is 5.91 Å². The summed E-state index contributed by atoms with van der Waals surface area (Å²) >= 11 is 0. The molecule has 2 aliphatic heterocycles. The van der Waals surface area contributed by atoms with Crippen molar-refractivity contribution in [2.24, 2.45) is 0 Å². The average Bonchev–Trinajstić information content (AvgIpc) is 2.60. The Morgan fingerprint density at radius 1 is 1.00 bits per heavy atom. The van der Waals surface area contributed by atoms with E-state index >= 15 is 0 Å². The number of carbonyl (C=O) groups is 2. The van der Waals surface area contributed by atoms with E-state index in [1.54, 1.807) is 0 Å². The minimum Gasteiger partial charge on any atom is -0.329 e. The van der Waals surface area contributed by atoms with Gasteiger partial charge in [0, 0.05) is 19.1 Å². The molecule has 0 spiro atoms. The minimum atomic E-state index is -0.205. The first-order valence-corrected chi connectivity index (χ1v) is 6.59. The molecule has 94 valence electrons. The van der Waals surface area contributed by atoms with Crippen LogP contribution in [-0.4, -0.2) is 53.5 Å². The van der Waals surface area contributed by atoms with Crippen LogP contribution in [0.15, 0.2) is 0 Å². The van der Waals surface area contributed by atoms with Gasteiger partial charge in [0.15, 0.2) is 0 Å². The number of imide groups is 1. The number of rotatable bonds is 2. The number of hydrogen-bond donors (Lipinski definition) is 1. The molecular weight excluding hydrogens is 218 g/mol. The third kappa shape index (κ3) is 1.92. The van der Waals surface area contributed by atoms with Crippen LogP contribution in [-0.2, 0) is 4.79 Å². The van der Waals surface area contributed by atoms with Crippen molar-refractivity contribution in [3.05, 3.63) is 0 Å². The van der Waals surface area contributed by atoms with Gasteiger partial charge in [-0.25, -0.2) is 4.79 Å². The molecule has 5 nitrogen and oxygen atoms in total. The van der Waals surface area contributed by atoms with Crippen LogP contribution >= 0.6 is 0 Å². The molecule has 5 heteroatoms. The summed E-state index contributed by atoms with van der Waals surface area (Å²) in [5, 5.41) is 2.58. The molecule has 0 radical (unpaired) electrons. The fourth-order valence-electron chi connectivity index (χ4n) is 3.20. The molecule has 17 heavy (non-hydrogen) atoms. The van der Waals surface area contributed by atoms with Crippen molar-refractivity contribution in [3.8, 4) is 0 Å². The van der Waals surface area contributed by atoms with Crippen LogP contribution in [0.25, 0.3) is 0 Å². The van der Waals surface area contributed by atoms with Crippen LogP contribution in [0.3, 0.4) is 0 Å². The van der Waals surface area contributed by atoms with E-state index in [-0.39, 0.29) is 24.5 Å². The molecule has 0 aromatic carbocycles. The zero-order valence-electron chi connectivity index (χ0n) is 10.0. The number of amides is 3. The van der Waals surface area contributed by atoms with Gasteiger partial charge in [0.25, 0.3) is 0 Å². The van der Waals surface area contributed by atoms with Gasteiger partial charge in [0.1, 0.15) is 0 Å². The minimum absolute atomic E-state index is 0.0664. The monoisotopic (exact) mass is 237 g/mol. The molecule has 2 saturated heterocycles. The van der Waals surface area contributed by atoms with Crippen molar-refractivity contribution in [2.45, 2.75) is 44.2 Å². The third-order valence-electron chi connectivity index (χ3n) is 4.23. The Hall–Kier alpha value is -1.10. The highest BCUT2D eigenvalue weighted by Crippen LogP contribution is 2.28. The third-order valence-corrected chi connectivity index (χ3v) is 4.23. The molecule has 3 rings (SSSR count). The number of nitrogens with one attached hydrogen (secondary N) is 1. The Kier molecular flexibility index (Phi) is 2.78. The second kappa shape index (κ2) is 4.29. The second-order valence-corrected chi connectivity index (χ2v) is 5.32. The van der Waals surface area contributed by atoms with E-state index in [0.717, 1.165) is 13.1 Å². The molecule has 0 aromatic heterocycles. The number of likely N-dealkylation sites (tertiary alicyclic amines) is 1. The van der Waals surface area contributed by atoms with Gasteiger partial charge in [-0.2, -0.15) is 0 Å². The smallest absolute Gasteiger partial charge is 0.324 e. The number of urea groups is 1. The van der Waals surface area contributed by atoms with Crippen LogP contribution < -0.4 is 5.32 Å². The maximum Gasteiger partial charge on any atom is 0.324 e. The quantitative estimate of drug-likeness (QED) is 0.714. The van der Waals surface area contributed by atoms with Gasteiger partial charge in [-0.05, 0) is 12.8 Å². The van der Waals surface area contributed by atoms with E-state index in [0.29, 0.717) is 6.04 Å². The zero-order valence-corrected chi connectivity index (χ0v) is 10.0. The van der Waals surface area contributed by atoms with Crippen molar-refractivity contribution in [3.63, 3.8) is 0 Å². The van der Waals surface area contributed by atoms with Crippen molar-refractivity contribution in [2.75, 3.05) is 19.6 Å². The molecule has 1 aliphatic carbocycles. The van der Waals surface area contributed by atoms with Crippen LogP contribution in [0, 0.1) is 0 Å². The summed E-state index contributed by atoms with van der Waals surface area (Å²) in [5.74, 6) is -0.0664. The summed E-state index contributed by atoms with van der Waals surface area (Å²) < 4.78 is 0. The Bertz CT molecular complexity index is 317. The first-order valence-electron chi connectivity index (χ1n) is 6.59. The highest BCUT2D eigenvalue weighted by Gasteiger charge is 2.43. The van der Waals surface area contributed by atoms with E-state index in [1.807, 2.05) is 0 Å². The fourth-order valence-corrected chi connectivity index (χ4v) is 3.20.